The van der Waals surface area contributed by atoms with Gasteiger partial charge >= 0.3 is 0 Å². The fraction of sp³-hybridized carbons (Fsp3) is 0.467. The Bertz CT molecular complexity index is 526. The maximum atomic E-state index is 12.3. The molecule has 0 aliphatic carbocycles. The van der Waals surface area contributed by atoms with Crippen LogP contribution < -0.4 is 16.4 Å². The van der Waals surface area contributed by atoms with Crippen LogP contribution >= 0.6 is 0 Å². The quantitative estimate of drug-likeness (QED) is 0.747. The zero-order chi connectivity index (χ0) is 14.8. The Morgan fingerprint density at radius 1 is 1.35 bits per heavy atom. The molecule has 4 N–H and O–H groups in total. The van der Waals surface area contributed by atoms with Crippen LogP contribution in [0.25, 0.3) is 0 Å². The normalized spacial score (nSPS) is 18.2. The van der Waals surface area contributed by atoms with Gasteiger partial charge in [-0.2, -0.15) is 0 Å². The third kappa shape index (κ3) is 3.57. The van der Waals surface area contributed by atoms with Crippen molar-refractivity contribution in [3.63, 3.8) is 0 Å². The molecular formula is C15H21N3O2. The van der Waals surface area contributed by atoms with Crippen molar-refractivity contribution in [3.05, 3.63) is 35.4 Å². The van der Waals surface area contributed by atoms with Crippen molar-refractivity contribution < 1.29 is 9.59 Å². The number of benzene rings is 1. The van der Waals surface area contributed by atoms with E-state index in [1.165, 1.54) is 11.1 Å². The summed E-state index contributed by atoms with van der Waals surface area (Å²) in [4.78, 5) is 23.3. The number of hydrogen-bond donors (Lipinski definition) is 3. The molecule has 5 heteroatoms. The van der Waals surface area contributed by atoms with Crippen LogP contribution in [0.3, 0.4) is 0 Å². The lowest BCUT2D eigenvalue weighted by Crippen LogP contribution is -2.54. The van der Waals surface area contributed by atoms with Crippen molar-refractivity contribution in [3.8, 4) is 0 Å². The van der Waals surface area contributed by atoms with E-state index >= 15 is 0 Å². The van der Waals surface area contributed by atoms with Gasteiger partial charge in [0.15, 0.2) is 0 Å². The summed E-state index contributed by atoms with van der Waals surface area (Å²) in [6.07, 6.45) is 0.788. The summed E-state index contributed by atoms with van der Waals surface area (Å²) in [7, 11) is 0. The average Bonchev–Trinajstić information content (AvgIpc) is 2.36. The molecule has 1 unspecified atom stereocenters. The lowest BCUT2D eigenvalue weighted by Gasteiger charge is -2.30. The Hall–Kier alpha value is -1.88. The minimum absolute atomic E-state index is 0.0919. The lowest BCUT2D eigenvalue weighted by molar-refractivity contribution is -0.125. The van der Waals surface area contributed by atoms with Gasteiger partial charge in [0.2, 0.25) is 11.8 Å². The van der Waals surface area contributed by atoms with Crippen LogP contribution in [-0.4, -0.2) is 23.4 Å². The third-order valence-corrected chi connectivity index (χ3v) is 3.48. The van der Waals surface area contributed by atoms with Crippen LogP contribution in [0, 0.1) is 0 Å². The van der Waals surface area contributed by atoms with Crippen LogP contribution in [0.15, 0.2) is 24.3 Å². The molecule has 0 aromatic heterocycles. The molecule has 1 aromatic carbocycles. The first-order valence-electron chi connectivity index (χ1n) is 6.78. The van der Waals surface area contributed by atoms with E-state index in [2.05, 4.69) is 16.7 Å². The summed E-state index contributed by atoms with van der Waals surface area (Å²) in [6, 6.07) is 7.82. The van der Waals surface area contributed by atoms with E-state index in [0.29, 0.717) is 13.0 Å². The van der Waals surface area contributed by atoms with E-state index in [-0.39, 0.29) is 18.4 Å². The van der Waals surface area contributed by atoms with E-state index in [0.717, 1.165) is 0 Å². The predicted molar refractivity (Wildman–Crippen MR) is 76.8 cm³/mol. The van der Waals surface area contributed by atoms with Gasteiger partial charge in [-0.05, 0) is 31.4 Å². The lowest BCUT2D eigenvalue weighted by atomic mass is 9.94. The Morgan fingerprint density at radius 2 is 2.00 bits per heavy atom. The second-order valence-electron chi connectivity index (χ2n) is 5.92. The minimum Gasteiger partial charge on any atom is -0.370 e. The first-order valence-corrected chi connectivity index (χ1v) is 6.78. The van der Waals surface area contributed by atoms with Gasteiger partial charge in [0.1, 0.15) is 0 Å². The first kappa shape index (κ1) is 14.5. The summed E-state index contributed by atoms with van der Waals surface area (Å²) in [5.74, 6) is -0.511. The molecule has 1 aliphatic heterocycles. The van der Waals surface area contributed by atoms with Crippen LogP contribution in [0.1, 0.15) is 31.4 Å². The summed E-state index contributed by atoms with van der Waals surface area (Å²) in [5.41, 5.74) is 6.99. The molecule has 0 radical (unpaired) electrons. The number of nitrogens with one attached hydrogen (secondary N) is 2. The zero-order valence-electron chi connectivity index (χ0n) is 11.9. The highest BCUT2D eigenvalue weighted by atomic mass is 16.2. The molecule has 5 nitrogen and oxygen atoms in total. The van der Waals surface area contributed by atoms with Gasteiger partial charge in [0, 0.05) is 18.5 Å². The molecule has 1 aliphatic rings. The molecule has 0 fully saturated rings. The van der Waals surface area contributed by atoms with Gasteiger partial charge in [-0.25, -0.2) is 0 Å². The maximum Gasteiger partial charge on any atom is 0.237 e. The monoisotopic (exact) mass is 275 g/mol. The van der Waals surface area contributed by atoms with E-state index in [1.54, 1.807) is 13.8 Å². The van der Waals surface area contributed by atoms with Gasteiger partial charge in [-0.1, -0.05) is 24.3 Å². The van der Waals surface area contributed by atoms with Gasteiger partial charge < -0.3 is 16.4 Å². The number of primary amides is 1. The first-order chi connectivity index (χ1) is 9.37. The molecule has 0 saturated carbocycles. The van der Waals surface area contributed by atoms with Gasteiger partial charge in [0.05, 0.1) is 6.04 Å². The second kappa shape index (κ2) is 5.63. The van der Waals surface area contributed by atoms with E-state index in [9.17, 15) is 9.59 Å². The number of carbonyl (C=O) groups excluding carboxylic acids is 2. The highest BCUT2D eigenvalue weighted by Crippen LogP contribution is 2.17. The molecule has 20 heavy (non-hydrogen) atoms. The number of carbonyl (C=O) groups is 2. The Kier molecular flexibility index (Phi) is 4.09. The third-order valence-electron chi connectivity index (χ3n) is 3.48. The molecule has 0 saturated heterocycles. The van der Waals surface area contributed by atoms with Crippen LogP contribution in [0.2, 0.25) is 0 Å². The standard InChI is InChI=1S/C15H21N3O2/c1-15(2,8-13(16)19)18-14(20)12-7-10-5-3-4-6-11(10)9-17-12/h3-6,12,17H,7-9H2,1-2H3,(H2,16,19)(H,18,20). The van der Waals surface area contributed by atoms with Gasteiger partial charge in [-0.3, -0.25) is 9.59 Å². The van der Waals surface area contributed by atoms with Crippen LogP contribution in [0.4, 0.5) is 0 Å². The Morgan fingerprint density at radius 3 is 2.65 bits per heavy atom. The summed E-state index contributed by atoms with van der Waals surface area (Å²) in [5, 5.41) is 6.11. The van der Waals surface area contributed by atoms with Crippen molar-refractivity contribution >= 4 is 11.8 Å². The fourth-order valence-electron chi connectivity index (χ4n) is 2.54. The smallest absolute Gasteiger partial charge is 0.237 e. The van der Waals surface area contributed by atoms with Crippen LogP contribution in [0.5, 0.6) is 0 Å². The SMILES string of the molecule is CC(C)(CC(N)=O)NC(=O)C1Cc2ccccc2CN1. The number of amides is 2. The average molecular weight is 275 g/mol. The maximum absolute atomic E-state index is 12.3. The Labute approximate surface area is 118 Å². The molecule has 1 aromatic rings. The highest BCUT2D eigenvalue weighted by Gasteiger charge is 2.29. The van der Waals surface area contributed by atoms with Gasteiger partial charge in [-0.15, -0.1) is 0 Å². The van der Waals surface area contributed by atoms with Crippen molar-refractivity contribution in [2.75, 3.05) is 0 Å². The summed E-state index contributed by atoms with van der Waals surface area (Å²) in [6.45, 7) is 4.28. The number of fused-ring (bicyclic) bond motifs is 1. The minimum atomic E-state index is -0.623. The van der Waals surface area contributed by atoms with Crippen molar-refractivity contribution in [2.45, 2.75) is 44.8 Å². The molecule has 108 valence electrons. The molecule has 1 heterocycles. The molecule has 2 rings (SSSR count). The van der Waals surface area contributed by atoms with Crippen molar-refractivity contribution in [1.82, 2.24) is 10.6 Å². The molecule has 0 spiro atoms. The van der Waals surface area contributed by atoms with Crippen molar-refractivity contribution in [1.29, 1.82) is 0 Å². The van der Waals surface area contributed by atoms with Gasteiger partial charge in [0.25, 0.3) is 0 Å². The van der Waals surface area contributed by atoms with Crippen LogP contribution in [-0.2, 0) is 22.6 Å². The summed E-state index contributed by atoms with van der Waals surface area (Å²) >= 11 is 0. The number of nitrogens with two attached hydrogens (primary N) is 1. The van der Waals surface area contributed by atoms with E-state index in [4.69, 9.17) is 5.73 Å². The molecule has 1 atom stereocenters. The topological polar surface area (TPSA) is 84.2 Å². The Balaban J connectivity index is 2.00. The second-order valence-corrected chi connectivity index (χ2v) is 5.92. The summed E-state index contributed by atoms with van der Waals surface area (Å²) < 4.78 is 0. The van der Waals surface area contributed by atoms with E-state index < -0.39 is 11.4 Å². The molecule has 2 amide bonds. The number of hydrogen-bond acceptors (Lipinski definition) is 3. The predicted octanol–water partition coefficient (Wildman–Crippen LogP) is 0.471. The fourth-order valence-corrected chi connectivity index (χ4v) is 2.54. The zero-order valence-corrected chi connectivity index (χ0v) is 11.9. The molecule has 0 bridgehead atoms. The molecular weight excluding hydrogens is 254 g/mol. The van der Waals surface area contributed by atoms with E-state index in [1.807, 2.05) is 18.2 Å². The van der Waals surface area contributed by atoms with Crippen molar-refractivity contribution in [2.24, 2.45) is 5.73 Å². The highest BCUT2D eigenvalue weighted by molar-refractivity contribution is 5.84. The largest absolute Gasteiger partial charge is 0.370 e. The number of rotatable bonds is 4.